The zero-order chi connectivity index (χ0) is 20.1. The molecule has 3 rings (SSSR count). The molecule has 0 fully saturated rings. The molecule has 0 atom stereocenters. The molecule has 7 nitrogen and oxygen atoms in total. The van der Waals surface area contributed by atoms with E-state index in [1.54, 1.807) is 19.2 Å². The summed E-state index contributed by atoms with van der Waals surface area (Å²) in [5.41, 5.74) is 1.10. The van der Waals surface area contributed by atoms with E-state index < -0.39 is 12.4 Å². The van der Waals surface area contributed by atoms with Crippen LogP contribution >= 0.6 is 11.3 Å². The van der Waals surface area contributed by atoms with Crippen molar-refractivity contribution in [2.45, 2.75) is 6.36 Å². The van der Waals surface area contributed by atoms with E-state index in [2.05, 4.69) is 25.6 Å². The van der Waals surface area contributed by atoms with E-state index in [1.807, 2.05) is 12.1 Å². The summed E-state index contributed by atoms with van der Waals surface area (Å²) in [6, 6.07) is 11.3. The first-order valence-corrected chi connectivity index (χ1v) is 8.56. The summed E-state index contributed by atoms with van der Waals surface area (Å²) in [7, 11) is 1.57. The van der Waals surface area contributed by atoms with Crippen molar-refractivity contribution < 1.29 is 27.4 Å². The lowest BCUT2D eigenvalue weighted by atomic mass is 10.2. The smallest absolute Gasteiger partial charge is 0.497 e. The van der Waals surface area contributed by atoms with Crippen LogP contribution in [0.1, 0.15) is 0 Å². The average molecular weight is 410 g/mol. The molecule has 0 aliphatic heterocycles. The highest BCUT2D eigenvalue weighted by Gasteiger charge is 2.30. The van der Waals surface area contributed by atoms with E-state index in [0.717, 1.165) is 17.7 Å². The van der Waals surface area contributed by atoms with Gasteiger partial charge >= 0.3 is 12.4 Å². The van der Waals surface area contributed by atoms with Gasteiger partial charge in [0.25, 0.3) is 0 Å². The third kappa shape index (κ3) is 5.33. The Morgan fingerprint density at radius 1 is 0.964 bits per heavy atom. The minimum atomic E-state index is -4.77. The second-order valence-electron chi connectivity index (χ2n) is 5.29. The first kappa shape index (κ1) is 19.4. The van der Waals surface area contributed by atoms with E-state index in [4.69, 9.17) is 4.74 Å². The van der Waals surface area contributed by atoms with Crippen LogP contribution in [-0.4, -0.2) is 29.7 Å². The van der Waals surface area contributed by atoms with Crippen LogP contribution in [0.2, 0.25) is 0 Å². The number of halogens is 3. The van der Waals surface area contributed by atoms with Crippen LogP contribution < -0.4 is 20.1 Å². The van der Waals surface area contributed by atoms with E-state index >= 15 is 0 Å². The number of benzene rings is 2. The molecule has 11 heteroatoms. The molecule has 3 aromatic rings. The molecule has 0 radical (unpaired) electrons. The largest absolute Gasteiger partial charge is 0.573 e. The van der Waals surface area contributed by atoms with Crippen LogP contribution in [-0.2, 0) is 0 Å². The Hall–Kier alpha value is -3.34. The fraction of sp³-hybridized carbons (Fsp3) is 0.118. The van der Waals surface area contributed by atoms with Gasteiger partial charge in [0.1, 0.15) is 16.5 Å². The maximum atomic E-state index is 12.1. The Morgan fingerprint density at radius 2 is 1.61 bits per heavy atom. The summed E-state index contributed by atoms with van der Waals surface area (Å²) >= 11 is 1.17. The maximum absolute atomic E-state index is 12.1. The second-order valence-corrected chi connectivity index (χ2v) is 6.27. The number of carbonyl (C=O) groups excluding carboxylic acids is 1. The van der Waals surface area contributed by atoms with Crippen molar-refractivity contribution in [2.24, 2.45) is 0 Å². The lowest BCUT2D eigenvalue weighted by molar-refractivity contribution is -0.274. The highest BCUT2D eigenvalue weighted by atomic mass is 32.1. The minimum Gasteiger partial charge on any atom is -0.497 e. The number of nitrogens with zero attached hydrogens (tertiary/aromatic N) is 2. The van der Waals surface area contributed by atoms with Crippen molar-refractivity contribution in [2.75, 3.05) is 17.7 Å². The molecule has 2 amide bonds. The lowest BCUT2D eigenvalue weighted by Crippen LogP contribution is -2.19. The van der Waals surface area contributed by atoms with Crippen molar-refractivity contribution in [1.82, 2.24) is 10.2 Å². The fourth-order valence-corrected chi connectivity index (χ4v) is 2.87. The minimum absolute atomic E-state index is 0.264. The normalized spacial score (nSPS) is 11.0. The Balaban J connectivity index is 1.58. The molecule has 28 heavy (non-hydrogen) atoms. The molecular weight excluding hydrogens is 397 g/mol. The number of ether oxygens (including phenoxy) is 2. The third-order valence-corrected chi connectivity index (χ3v) is 4.22. The number of hydrogen-bond donors (Lipinski definition) is 2. The van der Waals surface area contributed by atoms with Crippen molar-refractivity contribution in [1.29, 1.82) is 0 Å². The van der Waals surface area contributed by atoms with Gasteiger partial charge in [-0.1, -0.05) is 11.3 Å². The van der Waals surface area contributed by atoms with Crippen molar-refractivity contribution >= 4 is 28.2 Å². The van der Waals surface area contributed by atoms with Crippen LogP contribution in [0.15, 0.2) is 48.5 Å². The number of rotatable bonds is 5. The number of methoxy groups -OCH3 is 1. The quantitative estimate of drug-likeness (QED) is 0.634. The van der Waals surface area contributed by atoms with E-state index in [0.29, 0.717) is 10.8 Å². The van der Waals surface area contributed by atoms with Crippen molar-refractivity contribution in [3.05, 3.63) is 48.5 Å². The summed E-state index contributed by atoms with van der Waals surface area (Å²) < 4.78 is 45.3. The van der Waals surface area contributed by atoms with Gasteiger partial charge in [-0.15, -0.1) is 23.4 Å². The Kier molecular flexibility index (Phi) is 5.64. The van der Waals surface area contributed by atoms with E-state index in [-0.39, 0.29) is 16.6 Å². The van der Waals surface area contributed by atoms with Crippen LogP contribution in [0, 0.1) is 0 Å². The first-order valence-electron chi connectivity index (χ1n) is 7.74. The maximum Gasteiger partial charge on any atom is 0.573 e. The first-order chi connectivity index (χ1) is 13.3. The zero-order valence-corrected chi connectivity index (χ0v) is 15.1. The highest BCUT2D eigenvalue weighted by molar-refractivity contribution is 7.18. The molecule has 146 valence electrons. The van der Waals surface area contributed by atoms with Gasteiger partial charge in [0.05, 0.1) is 7.11 Å². The van der Waals surface area contributed by atoms with Crippen LogP contribution in [0.3, 0.4) is 0 Å². The van der Waals surface area contributed by atoms with Gasteiger partial charge in [0.15, 0.2) is 0 Å². The fourth-order valence-electron chi connectivity index (χ4n) is 2.12. The Morgan fingerprint density at radius 3 is 2.21 bits per heavy atom. The number of urea groups is 1. The Bertz CT molecular complexity index is 944. The van der Waals surface area contributed by atoms with Crippen LogP contribution in [0.25, 0.3) is 10.6 Å². The summed E-state index contributed by atoms with van der Waals surface area (Å²) in [6.45, 7) is 0. The number of alkyl halides is 3. The predicted molar refractivity (Wildman–Crippen MR) is 97.7 cm³/mol. The molecule has 0 unspecified atom stereocenters. The number of nitrogens with one attached hydrogen (secondary N) is 2. The van der Waals surface area contributed by atoms with Crippen LogP contribution in [0.4, 0.5) is 28.8 Å². The van der Waals surface area contributed by atoms with Crippen LogP contribution in [0.5, 0.6) is 11.5 Å². The van der Waals surface area contributed by atoms with E-state index in [9.17, 15) is 18.0 Å². The van der Waals surface area contributed by atoms with Gasteiger partial charge in [-0.05, 0) is 48.5 Å². The summed E-state index contributed by atoms with van der Waals surface area (Å²) in [6.07, 6.45) is -4.77. The molecule has 0 saturated carbocycles. The molecule has 0 aliphatic rings. The third-order valence-electron chi connectivity index (χ3n) is 3.33. The van der Waals surface area contributed by atoms with Gasteiger partial charge in [-0.2, -0.15) is 0 Å². The van der Waals surface area contributed by atoms with Crippen molar-refractivity contribution in [3.63, 3.8) is 0 Å². The molecule has 0 saturated heterocycles. The molecule has 2 N–H and O–H groups in total. The highest BCUT2D eigenvalue weighted by Crippen LogP contribution is 2.28. The monoisotopic (exact) mass is 410 g/mol. The number of aromatic nitrogens is 2. The van der Waals surface area contributed by atoms with Gasteiger partial charge in [-0.3, -0.25) is 5.32 Å². The molecule has 1 heterocycles. The summed E-state index contributed by atoms with van der Waals surface area (Å²) in [5.74, 6) is 0.323. The lowest BCUT2D eigenvalue weighted by Gasteiger charge is -2.09. The zero-order valence-electron chi connectivity index (χ0n) is 14.3. The number of anilines is 2. The summed E-state index contributed by atoms with van der Waals surface area (Å²) in [4.78, 5) is 12.0. The second kappa shape index (κ2) is 8.13. The molecule has 1 aromatic heterocycles. The molecule has 2 aromatic carbocycles. The summed E-state index contributed by atoms with van der Waals surface area (Å²) in [5, 5.41) is 13.8. The Labute approximate surface area is 161 Å². The molecule has 0 bridgehead atoms. The number of amides is 2. The number of carbonyl (C=O) groups is 1. The standard InChI is InChI=1S/C17H13F3N4O3S/c1-26-12-6-2-10(3-7-12)14-23-24-16(28-14)22-15(25)21-11-4-8-13(9-5-11)27-17(18,19)20/h2-9H,1H3,(H2,21,22,24,25). The van der Waals surface area contributed by atoms with Gasteiger partial charge < -0.3 is 14.8 Å². The molecule has 0 spiro atoms. The van der Waals surface area contributed by atoms with Gasteiger partial charge in [0, 0.05) is 11.3 Å². The average Bonchev–Trinajstić information content (AvgIpc) is 3.10. The van der Waals surface area contributed by atoms with E-state index in [1.165, 1.54) is 23.5 Å². The molecular formula is C17H13F3N4O3S. The van der Waals surface area contributed by atoms with Crippen molar-refractivity contribution in [3.8, 4) is 22.1 Å². The SMILES string of the molecule is COc1ccc(-c2nnc(NC(=O)Nc3ccc(OC(F)(F)F)cc3)s2)cc1. The van der Waals surface area contributed by atoms with Gasteiger partial charge in [0.2, 0.25) is 5.13 Å². The molecule has 0 aliphatic carbocycles. The predicted octanol–water partition coefficient (Wildman–Crippen LogP) is 4.76. The number of hydrogen-bond acceptors (Lipinski definition) is 6. The van der Waals surface area contributed by atoms with Gasteiger partial charge in [-0.25, -0.2) is 4.79 Å². The topological polar surface area (TPSA) is 85.4 Å².